The highest BCUT2D eigenvalue weighted by Gasteiger charge is 2.42. The normalized spacial score (nSPS) is 24.1. The van der Waals surface area contributed by atoms with Gasteiger partial charge in [-0.25, -0.2) is 4.79 Å². The fourth-order valence-electron chi connectivity index (χ4n) is 1.38. The predicted molar refractivity (Wildman–Crippen MR) is 55.5 cm³/mol. The molecule has 0 N–H and O–H groups in total. The summed E-state index contributed by atoms with van der Waals surface area (Å²) >= 11 is 0. The van der Waals surface area contributed by atoms with E-state index in [-0.39, 0.29) is 6.42 Å². The Labute approximate surface area is 95.0 Å². The van der Waals surface area contributed by atoms with Gasteiger partial charge in [-0.05, 0) is 20.8 Å². The molecule has 0 aliphatic carbocycles. The first-order valence-electron chi connectivity index (χ1n) is 5.22. The van der Waals surface area contributed by atoms with Crippen LogP contribution in [0.5, 0.6) is 0 Å². The van der Waals surface area contributed by atoms with Crippen LogP contribution in [0.4, 0.5) is 0 Å². The van der Waals surface area contributed by atoms with Crippen molar-refractivity contribution in [2.75, 3.05) is 0 Å². The molecular weight excluding hydrogens is 212 g/mol. The predicted octanol–water partition coefficient (Wildman–Crippen LogP) is 1.40. The molecule has 0 aromatic heterocycles. The molecule has 1 saturated heterocycles. The summed E-state index contributed by atoms with van der Waals surface area (Å²) in [6.07, 6.45) is -0.968. The summed E-state index contributed by atoms with van der Waals surface area (Å²) in [6, 6.07) is 0. The van der Waals surface area contributed by atoms with Crippen molar-refractivity contribution in [1.82, 2.24) is 0 Å². The lowest BCUT2D eigenvalue weighted by molar-refractivity contribution is -0.163. The highest BCUT2D eigenvalue weighted by Crippen LogP contribution is 2.26. The van der Waals surface area contributed by atoms with Crippen molar-refractivity contribution in [1.29, 1.82) is 0 Å². The van der Waals surface area contributed by atoms with Gasteiger partial charge in [0, 0.05) is 13.8 Å². The van der Waals surface area contributed by atoms with Crippen LogP contribution in [0.3, 0.4) is 0 Å². The van der Waals surface area contributed by atoms with Gasteiger partial charge in [0.2, 0.25) is 5.79 Å². The summed E-state index contributed by atoms with van der Waals surface area (Å²) < 4.78 is 15.3. The van der Waals surface area contributed by atoms with E-state index in [1.54, 1.807) is 34.6 Å². The van der Waals surface area contributed by atoms with E-state index in [2.05, 4.69) is 0 Å². The van der Waals surface area contributed by atoms with Gasteiger partial charge >= 0.3 is 11.9 Å². The van der Waals surface area contributed by atoms with Gasteiger partial charge in [0.05, 0.1) is 6.42 Å². The van der Waals surface area contributed by atoms with Gasteiger partial charge in [0.15, 0.2) is 6.10 Å². The van der Waals surface area contributed by atoms with E-state index in [9.17, 15) is 9.59 Å². The molecule has 1 rings (SSSR count). The fourth-order valence-corrected chi connectivity index (χ4v) is 1.38. The van der Waals surface area contributed by atoms with E-state index in [4.69, 9.17) is 14.2 Å². The molecule has 16 heavy (non-hydrogen) atoms. The minimum absolute atomic E-state index is 0.112. The molecule has 5 nitrogen and oxygen atoms in total. The Morgan fingerprint density at radius 1 is 1.44 bits per heavy atom. The molecule has 0 saturated carbocycles. The molecule has 0 aromatic rings. The molecule has 0 unspecified atom stereocenters. The van der Waals surface area contributed by atoms with Gasteiger partial charge in [-0.2, -0.15) is 0 Å². The molecule has 0 aromatic carbocycles. The Kier molecular flexibility index (Phi) is 3.28. The molecule has 0 radical (unpaired) electrons. The molecule has 1 fully saturated rings. The highest BCUT2D eigenvalue weighted by molar-refractivity contribution is 5.83. The van der Waals surface area contributed by atoms with Crippen molar-refractivity contribution in [3.8, 4) is 0 Å². The van der Waals surface area contributed by atoms with Crippen LogP contribution in [0.25, 0.3) is 0 Å². The lowest BCUT2D eigenvalue weighted by Crippen LogP contribution is -2.29. The second-order valence-electron chi connectivity index (χ2n) is 5.22. The number of esters is 2. The van der Waals surface area contributed by atoms with Crippen LogP contribution < -0.4 is 0 Å². The molecule has 1 aliphatic heterocycles. The van der Waals surface area contributed by atoms with E-state index in [0.717, 1.165) is 0 Å². The molecule has 0 spiro atoms. The topological polar surface area (TPSA) is 61.8 Å². The van der Waals surface area contributed by atoms with Crippen LogP contribution in [-0.2, 0) is 23.8 Å². The zero-order valence-electron chi connectivity index (χ0n) is 10.3. The van der Waals surface area contributed by atoms with Crippen LogP contribution in [0.15, 0.2) is 0 Å². The Balaban J connectivity index is 2.50. The first-order valence-corrected chi connectivity index (χ1v) is 5.22. The number of cyclic esters (lactones) is 1. The van der Waals surface area contributed by atoms with Gasteiger partial charge in [-0.1, -0.05) is 0 Å². The van der Waals surface area contributed by atoms with Crippen LogP contribution >= 0.6 is 0 Å². The maximum atomic E-state index is 11.5. The first kappa shape index (κ1) is 13.0. The molecule has 1 atom stereocenters. The van der Waals surface area contributed by atoms with Crippen molar-refractivity contribution >= 4 is 11.9 Å². The van der Waals surface area contributed by atoms with Crippen LogP contribution in [-0.4, -0.2) is 29.4 Å². The van der Waals surface area contributed by atoms with Gasteiger partial charge in [-0.3, -0.25) is 4.79 Å². The van der Waals surface area contributed by atoms with Crippen LogP contribution in [0.2, 0.25) is 0 Å². The van der Waals surface area contributed by atoms with Gasteiger partial charge in [0.1, 0.15) is 5.60 Å². The summed E-state index contributed by atoms with van der Waals surface area (Å²) in [4.78, 5) is 22.8. The van der Waals surface area contributed by atoms with Crippen molar-refractivity contribution in [3.05, 3.63) is 0 Å². The van der Waals surface area contributed by atoms with E-state index >= 15 is 0 Å². The maximum Gasteiger partial charge on any atom is 0.338 e. The Morgan fingerprint density at radius 2 is 2.00 bits per heavy atom. The van der Waals surface area contributed by atoms with E-state index in [1.807, 2.05) is 0 Å². The third kappa shape index (κ3) is 3.81. The first-order chi connectivity index (χ1) is 7.09. The van der Waals surface area contributed by atoms with Gasteiger partial charge in [-0.15, -0.1) is 0 Å². The molecule has 5 heteroatoms. The monoisotopic (exact) mass is 230 g/mol. The smallest absolute Gasteiger partial charge is 0.338 e. The fraction of sp³-hybridized carbons (Fsp3) is 0.818. The number of hydrogen-bond acceptors (Lipinski definition) is 5. The minimum atomic E-state index is -0.955. The number of hydrogen-bond donors (Lipinski definition) is 0. The minimum Gasteiger partial charge on any atom is -0.460 e. The summed E-state index contributed by atoms with van der Waals surface area (Å²) in [5, 5.41) is 0. The Morgan fingerprint density at radius 3 is 2.38 bits per heavy atom. The second-order valence-corrected chi connectivity index (χ2v) is 5.22. The molecule has 1 heterocycles. The van der Waals surface area contributed by atoms with Crippen LogP contribution in [0, 0.1) is 0 Å². The molecular formula is C11H18O5. The van der Waals surface area contributed by atoms with Crippen LogP contribution in [0.1, 0.15) is 41.0 Å². The quantitative estimate of drug-likeness (QED) is 0.671. The van der Waals surface area contributed by atoms with E-state index in [0.29, 0.717) is 0 Å². The summed E-state index contributed by atoms with van der Waals surface area (Å²) in [5.41, 5.74) is -0.560. The zero-order chi connectivity index (χ0) is 12.6. The maximum absolute atomic E-state index is 11.5. The third-order valence-electron chi connectivity index (χ3n) is 1.81. The van der Waals surface area contributed by atoms with Gasteiger partial charge < -0.3 is 14.2 Å². The molecule has 0 bridgehead atoms. The largest absolute Gasteiger partial charge is 0.460 e. The summed E-state index contributed by atoms with van der Waals surface area (Å²) in [5.74, 6) is -1.94. The van der Waals surface area contributed by atoms with Crippen molar-refractivity contribution < 1.29 is 23.8 Å². The Hall–Kier alpha value is -1.10. The number of carbonyl (C=O) groups is 2. The number of ether oxygens (including phenoxy) is 3. The van der Waals surface area contributed by atoms with E-state index < -0.39 is 29.4 Å². The van der Waals surface area contributed by atoms with Crippen molar-refractivity contribution in [2.45, 2.75) is 58.5 Å². The second kappa shape index (κ2) is 4.05. The molecule has 92 valence electrons. The van der Waals surface area contributed by atoms with Gasteiger partial charge in [0.25, 0.3) is 0 Å². The molecule has 1 aliphatic rings. The SMILES string of the molecule is CC(C)(C)OC(=O)C[C@H]1OC(C)(C)OC1=O. The Bertz CT molecular complexity index is 300. The molecule has 0 amide bonds. The number of rotatable bonds is 2. The summed E-state index contributed by atoms with van der Waals surface area (Å²) in [6.45, 7) is 8.55. The van der Waals surface area contributed by atoms with Crippen molar-refractivity contribution in [2.24, 2.45) is 0 Å². The number of carbonyl (C=O) groups excluding carboxylic acids is 2. The average Bonchev–Trinajstić information content (AvgIpc) is 2.19. The van der Waals surface area contributed by atoms with Crippen molar-refractivity contribution in [3.63, 3.8) is 0 Å². The third-order valence-corrected chi connectivity index (χ3v) is 1.81. The van der Waals surface area contributed by atoms with E-state index in [1.165, 1.54) is 0 Å². The zero-order valence-corrected chi connectivity index (χ0v) is 10.3. The average molecular weight is 230 g/mol. The highest BCUT2D eigenvalue weighted by atomic mass is 16.8. The lowest BCUT2D eigenvalue weighted by Gasteiger charge is -2.20. The lowest BCUT2D eigenvalue weighted by atomic mass is 10.2. The standard InChI is InChI=1S/C11H18O5/c1-10(2,3)15-8(12)6-7-9(13)16-11(4,5)14-7/h7H,6H2,1-5H3/t7-/m1/s1. The summed E-state index contributed by atoms with van der Waals surface area (Å²) in [7, 11) is 0.